The highest BCUT2D eigenvalue weighted by Crippen LogP contribution is 2.37. The number of hydrogen-bond acceptors (Lipinski definition) is 7. The number of methoxy groups -OCH3 is 1. The summed E-state index contributed by atoms with van der Waals surface area (Å²) in [4.78, 5) is 14.1. The molecule has 3 aliphatic heterocycles. The summed E-state index contributed by atoms with van der Waals surface area (Å²) >= 11 is 0. The number of nitrogens with zero attached hydrogens (tertiary/aromatic N) is 8. The van der Waals surface area contributed by atoms with E-state index in [0.717, 1.165) is 47.7 Å². The average molecular weight is 520 g/mol. The van der Waals surface area contributed by atoms with E-state index in [1.807, 2.05) is 42.9 Å². The van der Waals surface area contributed by atoms with Gasteiger partial charge in [-0.05, 0) is 36.2 Å². The highest BCUT2D eigenvalue weighted by molar-refractivity contribution is 5.87. The third-order valence-electron chi connectivity index (χ3n) is 7.86. The normalized spacial score (nSPS) is 20.1. The summed E-state index contributed by atoms with van der Waals surface area (Å²) in [5.41, 5.74) is 5.53. The zero-order valence-corrected chi connectivity index (χ0v) is 21.4. The van der Waals surface area contributed by atoms with Crippen LogP contribution in [0.1, 0.15) is 21.7 Å². The van der Waals surface area contributed by atoms with E-state index in [-0.39, 0.29) is 0 Å². The van der Waals surface area contributed by atoms with Gasteiger partial charge in [0.15, 0.2) is 0 Å². The smallest absolute Gasteiger partial charge is 0.212 e. The van der Waals surface area contributed by atoms with Gasteiger partial charge in [-0.3, -0.25) is 4.90 Å². The molecule has 8 heterocycles. The molecule has 3 saturated heterocycles. The molecule has 39 heavy (non-hydrogen) atoms. The maximum atomic E-state index is 9.75. The van der Waals surface area contributed by atoms with Crippen molar-refractivity contribution in [2.75, 3.05) is 25.1 Å². The third-order valence-corrected chi connectivity index (χ3v) is 7.86. The second kappa shape index (κ2) is 9.26. The van der Waals surface area contributed by atoms with Crippen LogP contribution in [0, 0.1) is 11.3 Å². The second-order valence-electron chi connectivity index (χ2n) is 10.1. The van der Waals surface area contributed by atoms with Crippen molar-refractivity contribution in [3.8, 4) is 34.2 Å². The van der Waals surface area contributed by atoms with Gasteiger partial charge in [-0.15, -0.1) is 0 Å². The number of rotatable bonds is 6. The van der Waals surface area contributed by atoms with E-state index in [9.17, 15) is 5.26 Å². The van der Waals surface area contributed by atoms with E-state index in [4.69, 9.17) is 13.8 Å². The quantitative estimate of drug-likeness (QED) is 0.333. The molecule has 0 spiro atoms. The molecule has 2 atom stereocenters. The standard InChI is InChI=1S/C30H28N8O/c1-35-8-7-22(16-35)23-9-27(30-24(11-31)14-34-38(30)17-23)21-4-5-28(32-13-21)36-18-25-10-26(19-36)37(25)15-20-3-6-29(39-2)33-12-20/h3-9,12-14,16-17,25-26H,10,15,18-19H2,1-2H3/i1D3. The lowest BCUT2D eigenvalue weighted by Gasteiger charge is -2.56. The summed E-state index contributed by atoms with van der Waals surface area (Å²) in [6.45, 7) is 0.437. The fourth-order valence-corrected chi connectivity index (χ4v) is 5.85. The summed E-state index contributed by atoms with van der Waals surface area (Å²) in [6.07, 6.45) is 11.4. The molecule has 5 aromatic rings. The van der Waals surface area contributed by atoms with Gasteiger partial charge in [0.2, 0.25) is 5.88 Å². The molecule has 2 unspecified atom stereocenters. The first-order valence-electron chi connectivity index (χ1n) is 14.4. The summed E-state index contributed by atoms with van der Waals surface area (Å²) < 4.78 is 31.2. The minimum Gasteiger partial charge on any atom is -0.481 e. The number of anilines is 1. The Morgan fingerprint density at radius 2 is 1.92 bits per heavy atom. The minimum atomic E-state index is -2.26. The number of fused-ring (bicyclic) bond motifs is 3. The highest BCUT2D eigenvalue weighted by Gasteiger charge is 2.44. The van der Waals surface area contributed by atoms with Crippen LogP contribution in [-0.4, -0.2) is 61.3 Å². The Morgan fingerprint density at radius 3 is 2.62 bits per heavy atom. The SMILES string of the molecule is [2H]C([2H])([2H])n1ccc(-c2cc(-c3ccc(N4CC5CC(C4)N5Cc4ccc(OC)nc4)nc3)c3c(C#N)cnn3c2)c1. The lowest BCUT2D eigenvalue weighted by molar-refractivity contribution is -0.00876. The summed E-state index contributed by atoms with van der Waals surface area (Å²) in [5, 5.41) is 14.2. The Kier molecular flexibility index (Phi) is 4.82. The van der Waals surface area contributed by atoms with Gasteiger partial charge in [0.1, 0.15) is 11.9 Å². The Hall–Kier alpha value is -4.68. The Balaban J connectivity index is 1.13. The number of nitriles is 1. The topological polar surface area (TPSA) is 87.5 Å². The zero-order chi connectivity index (χ0) is 29.0. The first kappa shape index (κ1) is 20.3. The highest BCUT2D eigenvalue weighted by atomic mass is 16.5. The minimum absolute atomic E-state index is 0.462. The van der Waals surface area contributed by atoms with Crippen LogP contribution in [0.5, 0.6) is 5.88 Å². The van der Waals surface area contributed by atoms with Crippen LogP contribution in [0.2, 0.25) is 0 Å². The van der Waals surface area contributed by atoms with Crippen molar-refractivity contribution in [3.63, 3.8) is 0 Å². The Labute approximate surface area is 230 Å². The average Bonchev–Trinajstić information content (AvgIpc) is 3.68. The van der Waals surface area contributed by atoms with Crippen LogP contribution >= 0.6 is 0 Å². The van der Waals surface area contributed by atoms with Crippen LogP contribution in [0.25, 0.3) is 27.8 Å². The summed E-state index contributed by atoms with van der Waals surface area (Å²) in [6, 6.07) is 15.0. The number of piperazine rings is 1. The van der Waals surface area contributed by atoms with E-state index >= 15 is 0 Å². The molecular weight excluding hydrogens is 488 g/mol. The van der Waals surface area contributed by atoms with Crippen molar-refractivity contribution in [2.45, 2.75) is 25.0 Å². The van der Waals surface area contributed by atoms with E-state index in [1.165, 1.54) is 16.6 Å². The lowest BCUT2D eigenvalue weighted by Crippen LogP contribution is -2.68. The van der Waals surface area contributed by atoms with E-state index in [1.54, 1.807) is 36.3 Å². The monoisotopic (exact) mass is 519 g/mol. The lowest BCUT2D eigenvalue weighted by atomic mass is 9.87. The maximum Gasteiger partial charge on any atom is 0.212 e. The second-order valence-corrected chi connectivity index (χ2v) is 10.1. The third kappa shape index (κ3) is 4.10. The number of hydrogen-bond donors (Lipinski definition) is 0. The molecule has 3 aliphatic rings. The first-order valence-corrected chi connectivity index (χ1v) is 12.9. The molecule has 194 valence electrons. The van der Waals surface area contributed by atoms with Crippen LogP contribution in [0.15, 0.2) is 73.6 Å². The van der Waals surface area contributed by atoms with Crippen LogP contribution in [-0.2, 0) is 13.5 Å². The largest absolute Gasteiger partial charge is 0.481 e. The first-order chi connectivity index (χ1) is 20.3. The molecule has 0 N–H and O–H groups in total. The van der Waals surface area contributed by atoms with Gasteiger partial charge < -0.3 is 14.2 Å². The summed E-state index contributed by atoms with van der Waals surface area (Å²) in [7, 11) is 1.62. The van der Waals surface area contributed by atoms with Crippen LogP contribution in [0.3, 0.4) is 0 Å². The van der Waals surface area contributed by atoms with Crippen molar-refractivity contribution >= 4 is 11.3 Å². The molecule has 0 aliphatic carbocycles. The predicted octanol–water partition coefficient (Wildman–Crippen LogP) is 4.14. The number of pyridine rings is 3. The molecule has 0 aromatic carbocycles. The van der Waals surface area contributed by atoms with Gasteiger partial charge in [-0.2, -0.15) is 10.4 Å². The van der Waals surface area contributed by atoms with Crippen LogP contribution < -0.4 is 9.64 Å². The number of aromatic nitrogens is 5. The zero-order valence-electron chi connectivity index (χ0n) is 24.4. The van der Waals surface area contributed by atoms with Crippen LogP contribution in [0.4, 0.5) is 5.82 Å². The van der Waals surface area contributed by atoms with Crippen molar-refractivity contribution in [3.05, 3.63) is 84.7 Å². The molecule has 3 fully saturated rings. The fraction of sp³-hybridized carbons (Fsp3) is 0.267. The molecule has 2 bridgehead atoms. The van der Waals surface area contributed by atoms with Gasteiger partial charge in [0.05, 0.1) is 24.4 Å². The molecule has 9 nitrogen and oxygen atoms in total. The van der Waals surface area contributed by atoms with Gasteiger partial charge in [-0.1, -0.05) is 6.07 Å². The molecular formula is C30H28N8O. The Morgan fingerprint density at radius 1 is 1.03 bits per heavy atom. The van der Waals surface area contributed by atoms with Crippen molar-refractivity contribution < 1.29 is 8.85 Å². The number of aryl methyl sites for hydroxylation is 1. The van der Waals surface area contributed by atoms with Crippen molar-refractivity contribution in [2.24, 2.45) is 6.98 Å². The predicted molar refractivity (Wildman–Crippen MR) is 148 cm³/mol. The molecule has 8 rings (SSSR count). The fourth-order valence-electron chi connectivity index (χ4n) is 5.85. The molecule has 0 amide bonds. The maximum absolute atomic E-state index is 9.75. The summed E-state index contributed by atoms with van der Waals surface area (Å²) in [5.74, 6) is 1.55. The molecule has 9 heteroatoms. The van der Waals surface area contributed by atoms with Gasteiger partial charge >= 0.3 is 0 Å². The van der Waals surface area contributed by atoms with Gasteiger partial charge in [0, 0.05) is 102 Å². The van der Waals surface area contributed by atoms with Crippen molar-refractivity contribution in [1.82, 2.24) is 29.0 Å². The van der Waals surface area contributed by atoms with E-state index in [2.05, 4.69) is 32.0 Å². The number of piperidine rings is 1. The number of ether oxygens (including phenoxy) is 1. The Bertz CT molecular complexity index is 1790. The van der Waals surface area contributed by atoms with E-state index in [0.29, 0.717) is 29.0 Å². The molecule has 0 saturated carbocycles. The molecule has 5 aromatic heterocycles. The van der Waals surface area contributed by atoms with E-state index < -0.39 is 6.98 Å². The van der Waals surface area contributed by atoms with Gasteiger partial charge in [0.25, 0.3) is 0 Å². The van der Waals surface area contributed by atoms with Crippen molar-refractivity contribution in [1.29, 1.82) is 5.26 Å². The molecule has 0 radical (unpaired) electrons. The van der Waals surface area contributed by atoms with Gasteiger partial charge in [-0.25, -0.2) is 14.5 Å².